The van der Waals surface area contributed by atoms with Crippen molar-refractivity contribution in [3.63, 3.8) is 0 Å². The van der Waals surface area contributed by atoms with E-state index in [2.05, 4.69) is 10.4 Å². The van der Waals surface area contributed by atoms with E-state index in [0.29, 0.717) is 11.4 Å². The lowest BCUT2D eigenvalue weighted by atomic mass is 10.1. The van der Waals surface area contributed by atoms with Crippen LogP contribution in [0.1, 0.15) is 11.1 Å². The molecular formula is C14H16N4O2. The molecule has 0 unspecified atom stereocenters. The fourth-order valence-corrected chi connectivity index (χ4v) is 1.82. The van der Waals surface area contributed by atoms with Crippen molar-refractivity contribution < 1.29 is 4.79 Å². The highest BCUT2D eigenvalue weighted by Gasteiger charge is 2.09. The number of nitrogen functional groups attached to an aromatic ring is 1. The van der Waals surface area contributed by atoms with E-state index in [9.17, 15) is 9.59 Å². The Labute approximate surface area is 116 Å². The van der Waals surface area contributed by atoms with Crippen LogP contribution in [-0.2, 0) is 11.3 Å². The molecule has 3 N–H and O–H groups in total. The first-order valence-corrected chi connectivity index (χ1v) is 6.16. The molecule has 0 aliphatic carbocycles. The molecule has 0 saturated carbocycles. The smallest absolute Gasteiger partial charge is 0.267 e. The molecule has 1 amide bonds. The average Bonchev–Trinajstić information content (AvgIpc) is 2.37. The van der Waals surface area contributed by atoms with Crippen LogP contribution in [0.15, 0.2) is 35.3 Å². The Balaban J connectivity index is 2.15. The Kier molecular flexibility index (Phi) is 3.84. The third kappa shape index (κ3) is 3.03. The van der Waals surface area contributed by atoms with E-state index in [1.807, 2.05) is 19.1 Å². The van der Waals surface area contributed by atoms with Gasteiger partial charge in [0.2, 0.25) is 5.91 Å². The van der Waals surface area contributed by atoms with Crippen LogP contribution >= 0.6 is 0 Å². The molecule has 0 radical (unpaired) electrons. The van der Waals surface area contributed by atoms with Gasteiger partial charge in [-0.3, -0.25) is 9.59 Å². The van der Waals surface area contributed by atoms with Crippen LogP contribution in [0.25, 0.3) is 0 Å². The van der Waals surface area contributed by atoms with Crippen molar-refractivity contribution >= 4 is 17.3 Å². The zero-order valence-electron chi connectivity index (χ0n) is 11.4. The monoisotopic (exact) mass is 272 g/mol. The van der Waals surface area contributed by atoms with Gasteiger partial charge in [0.25, 0.3) is 5.56 Å². The SMILES string of the molecule is Cc1cnn(CC(=O)Nc2c(C)cccc2N)c(=O)c1. The summed E-state index contributed by atoms with van der Waals surface area (Å²) in [6, 6.07) is 6.80. The molecular weight excluding hydrogens is 256 g/mol. The third-order valence-electron chi connectivity index (χ3n) is 2.87. The summed E-state index contributed by atoms with van der Waals surface area (Å²) >= 11 is 0. The molecule has 0 atom stereocenters. The van der Waals surface area contributed by atoms with Crippen LogP contribution in [0.5, 0.6) is 0 Å². The molecule has 2 aromatic rings. The summed E-state index contributed by atoms with van der Waals surface area (Å²) < 4.78 is 1.11. The summed E-state index contributed by atoms with van der Waals surface area (Å²) in [5.74, 6) is -0.343. The number of carbonyl (C=O) groups excluding carboxylic acids is 1. The molecule has 1 aromatic heterocycles. The Bertz CT molecular complexity index is 686. The van der Waals surface area contributed by atoms with Crippen molar-refractivity contribution in [1.82, 2.24) is 9.78 Å². The quantitative estimate of drug-likeness (QED) is 0.818. The molecule has 20 heavy (non-hydrogen) atoms. The van der Waals surface area contributed by atoms with E-state index in [4.69, 9.17) is 5.73 Å². The van der Waals surface area contributed by atoms with Crippen LogP contribution in [0, 0.1) is 13.8 Å². The molecule has 0 spiro atoms. The second-order valence-electron chi connectivity index (χ2n) is 4.62. The number of nitrogens with zero attached hydrogens (tertiary/aromatic N) is 2. The molecule has 2 rings (SSSR count). The number of nitrogens with one attached hydrogen (secondary N) is 1. The van der Waals surface area contributed by atoms with E-state index < -0.39 is 0 Å². The van der Waals surface area contributed by atoms with Crippen molar-refractivity contribution in [2.75, 3.05) is 11.1 Å². The number of nitrogens with two attached hydrogens (primary N) is 1. The minimum Gasteiger partial charge on any atom is -0.397 e. The van der Waals surface area contributed by atoms with E-state index in [1.54, 1.807) is 13.0 Å². The number of hydrogen-bond donors (Lipinski definition) is 2. The van der Waals surface area contributed by atoms with E-state index in [-0.39, 0.29) is 18.0 Å². The summed E-state index contributed by atoms with van der Waals surface area (Å²) in [5, 5.41) is 6.62. The van der Waals surface area contributed by atoms with Crippen molar-refractivity contribution in [3.8, 4) is 0 Å². The van der Waals surface area contributed by atoms with Gasteiger partial charge in [0.1, 0.15) is 6.54 Å². The maximum atomic E-state index is 12.0. The Morgan fingerprint density at radius 3 is 2.80 bits per heavy atom. The summed E-state index contributed by atoms with van der Waals surface area (Å²) in [5.41, 5.74) is 8.18. The highest BCUT2D eigenvalue weighted by molar-refractivity contribution is 5.94. The van der Waals surface area contributed by atoms with Gasteiger partial charge in [-0.05, 0) is 31.0 Å². The largest absolute Gasteiger partial charge is 0.397 e. The highest BCUT2D eigenvalue weighted by atomic mass is 16.2. The first kappa shape index (κ1) is 13.8. The molecule has 104 valence electrons. The molecule has 0 aliphatic heterocycles. The molecule has 1 heterocycles. The normalized spacial score (nSPS) is 10.3. The topological polar surface area (TPSA) is 90.0 Å². The van der Waals surface area contributed by atoms with Gasteiger partial charge in [-0.15, -0.1) is 0 Å². The van der Waals surface area contributed by atoms with Crippen molar-refractivity contribution in [3.05, 3.63) is 51.9 Å². The standard InChI is InChI=1S/C14H16N4O2/c1-9-6-13(20)18(16-7-9)8-12(19)17-14-10(2)4-3-5-11(14)15/h3-7H,8,15H2,1-2H3,(H,17,19). The molecule has 0 aliphatic rings. The van der Waals surface area contributed by atoms with Crippen LogP contribution in [0.4, 0.5) is 11.4 Å². The van der Waals surface area contributed by atoms with Crippen molar-refractivity contribution in [2.24, 2.45) is 0 Å². The van der Waals surface area contributed by atoms with Gasteiger partial charge in [0.15, 0.2) is 0 Å². The minimum atomic E-state index is -0.343. The van der Waals surface area contributed by atoms with E-state index in [1.165, 1.54) is 12.3 Å². The van der Waals surface area contributed by atoms with Crippen LogP contribution in [0.2, 0.25) is 0 Å². The number of hydrogen-bond acceptors (Lipinski definition) is 4. The molecule has 0 bridgehead atoms. The first-order chi connectivity index (χ1) is 9.47. The number of benzene rings is 1. The van der Waals surface area contributed by atoms with E-state index in [0.717, 1.165) is 15.8 Å². The number of para-hydroxylation sites is 1. The average molecular weight is 272 g/mol. The molecule has 0 fully saturated rings. The number of anilines is 2. The van der Waals surface area contributed by atoms with Gasteiger partial charge < -0.3 is 11.1 Å². The van der Waals surface area contributed by atoms with Crippen molar-refractivity contribution in [1.29, 1.82) is 0 Å². The lowest BCUT2D eigenvalue weighted by molar-refractivity contribution is -0.117. The fraction of sp³-hybridized carbons (Fsp3) is 0.214. The van der Waals surface area contributed by atoms with Crippen LogP contribution < -0.4 is 16.6 Å². The second kappa shape index (κ2) is 5.56. The third-order valence-corrected chi connectivity index (χ3v) is 2.87. The number of carbonyl (C=O) groups is 1. The second-order valence-corrected chi connectivity index (χ2v) is 4.62. The van der Waals surface area contributed by atoms with E-state index >= 15 is 0 Å². The zero-order valence-corrected chi connectivity index (χ0v) is 11.4. The van der Waals surface area contributed by atoms with Crippen LogP contribution in [0.3, 0.4) is 0 Å². The fourth-order valence-electron chi connectivity index (χ4n) is 1.82. The van der Waals surface area contributed by atoms with Gasteiger partial charge in [0.05, 0.1) is 17.6 Å². The number of aryl methyl sites for hydroxylation is 2. The first-order valence-electron chi connectivity index (χ1n) is 6.16. The van der Waals surface area contributed by atoms with Crippen molar-refractivity contribution in [2.45, 2.75) is 20.4 Å². The predicted molar refractivity (Wildman–Crippen MR) is 77.5 cm³/mol. The van der Waals surface area contributed by atoms with Gasteiger partial charge >= 0.3 is 0 Å². The Hall–Kier alpha value is -2.63. The summed E-state index contributed by atoms with van der Waals surface area (Å²) in [7, 11) is 0. The maximum absolute atomic E-state index is 12.0. The lowest BCUT2D eigenvalue weighted by Crippen LogP contribution is -2.29. The highest BCUT2D eigenvalue weighted by Crippen LogP contribution is 2.22. The summed E-state index contributed by atoms with van der Waals surface area (Å²) in [6.07, 6.45) is 1.54. The number of aromatic nitrogens is 2. The Morgan fingerprint density at radius 2 is 2.15 bits per heavy atom. The van der Waals surface area contributed by atoms with Gasteiger partial charge in [0, 0.05) is 6.07 Å². The molecule has 6 nitrogen and oxygen atoms in total. The predicted octanol–water partition coefficient (Wildman–Crippen LogP) is 1.08. The summed E-state index contributed by atoms with van der Waals surface area (Å²) in [6.45, 7) is 3.47. The maximum Gasteiger partial charge on any atom is 0.267 e. The zero-order chi connectivity index (χ0) is 14.7. The number of amides is 1. The minimum absolute atomic E-state index is 0.146. The summed E-state index contributed by atoms with van der Waals surface area (Å²) in [4.78, 5) is 23.6. The van der Waals surface area contributed by atoms with Gasteiger partial charge in [-0.1, -0.05) is 12.1 Å². The van der Waals surface area contributed by atoms with Crippen LogP contribution in [-0.4, -0.2) is 15.7 Å². The van der Waals surface area contributed by atoms with Gasteiger partial charge in [-0.2, -0.15) is 5.10 Å². The van der Waals surface area contributed by atoms with Gasteiger partial charge in [-0.25, -0.2) is 4.68 Å². The molecule has 0 saturated heterocycles. The molecule has 6 heteroatoms. The molecule has 1 aromatic carbocycles. The Morgan fingerprint density at radius 1 is 1.40 bits per heavy atom. The lowest BCUT2D eigenvalue weighted by Gasteiger charge is -2.11. The number of rotatable bonds is 3.